The largest absolute Gasteiger partial charge is 0.496 e. The molecule has 0 atom stereocenters. The van der Waals surface area contributed by atoms with E-state index in [2.05, 4.69) is 14.8 Å². The summed E-state index contributed by atoms with van der Waals surface area (Å²) in [6.45, 7) is 8.90. The molecule has 2 N–H and O–H groups in total. The highest BCUT2D eigenvalue weighted by atomic mass is 127. The molecule has 0 aliphatic carbocycles. The lowest BCUT2D eigenvalue weighted by molar-refractivity contribution is 0.410. The monoisotopic (exact) mass is 396 g/mol. The molecule has 0 bridgehead atoms. The summed E-state index contributed by atoms with van der Waals surface area (Å²) in [5.74, 6) is 0.896. The van der Waals surface area contributed by atoms with Crippen molar-refractivity contribution in [2.75, 3.05) is 7.11 Å². The number of methoxy groups -OCH3 is 1. The topological polar surface area (TPSA) is 67.4 Å². The molecule has 0 saturated carbocycles. The standard InChI is InChI=1S/C12H17IN2O3S/c1-7-6-11(18-5)8(2)9(3)12(7)19(16,17)15-10(4)14-13/h6,14-15H,4H2,1-3,5H3. The Kier molecular flexibility index (Phi) is 5.08. The van der Waals surface area contributed by atoms with Crippen LogP contribution in [0.2, 0.25) is 0 Å². The SMILES string of the molecule is C=C(NI)NS(=O)(=O)c1c(C)cc(OC)c(C)c1C. The molecule has 0 aliphatic heterocycles. The molecule has 0 aliphatic rings. The highest BCUT2D eigenvalue weighted by Gasteiger charge is 2.22. The number of halogens is 1. The zero-order valence-corrected chi connectivity index (χ0v) is 14.3. The Morgan fingerprint density at radius 2 is 1.89 bits per heavy atom. The smallest absolute Gasteiger partial charge is 0.263 e. The first-order chi connectivity index (χ1) is 8.74. The molecule has 106 valence electrons. The second-order valence-corrected chi connectivity index (χ2v) is 6.31. The molecule has 0 spiro atoms. The molecule has 0 saturated heterocycles. The van der Waals surface area contributed by atoms with Crippen LogP contribution in [0.15, 0.2) is 23.4 Å². The number of benzene rings is 1. The third-order valence-electron chi connectivity index (χ3n) is 2.84. The zero-order chi connectivity index (χ0) is 14.8. The fourth-order valence-corrected chi connectivity index (χ4v) is 3.71. The van der Waals surface area contributed by atoms with E-state index < -0.39 is 10.0 Å². The Balaban J connectivity index is 3.44. The summed E-state index contributed by atoms with van der Waals surface area (Å²) >= 11 is 1.81. The van der Waals surface area contributed by atoms with Gasteiger partial charge in [-0.1, -0.05) is 6.58 Å². The van der Waals surface area contributed by atoms with Gasteiger partial charge in [0.15, 0.2) is 0 Å². The molecule has 0 fully saturated rings. The molecular weight excluding hydrogens is 379 g/mol. The Morgan fingerprint density at radius 1 is 1.32 bits per heavy atom. The van der Waals surface area contributed by atoms with Crippen molar-refractivity contribution in [1.29, 1.82) is 0 Å². The summed E-state index contributed by atoms with van der Waals surface area (Å²) < 4.78 is 34.9. The van der Waals surface area contributed by atoms with Crippen LogP contribution in [0, 0.1) is 20.8 Å². The minimum Gasteiger partial charge on any atom is -0.496 e. The fourth-order valence-electron chi connectivity index (χ4n) is 1.88. The maximum absolute atomic E-state index is 12.3. The molecule has 0 radical (unpaired) electrons. The summed E-state index contributed by atoms with van der Waals surface area (Å²) in [6.07, 6.45) is 0. The molecule has 1 rings (SSSR count). The molecule has 1 aromatic rings. The predicted molar refractivity (Wildman–Crippen MR) is 83.8 cm³/mol. The van der Waals surface area contributed by atoms with Gasteiger partial charge in [0.2, 0.25) is 0 Å². The molecule has 0 unspecified atom stereocenters. The third-order valence-corrected chi connectivity index (χ3v) is 5.17. The Bertz CT molecular complexity index is 612. The van der Waals surface area contributed by atoms with E-state index in [1.165, 1.54) is 0 Å². The molecule has 0 aromatic heterocycles. The van der Waals surface area contributed by atoms with Crippen molar-refractivity contribution in [1.82, 2.24) is 8.25 Å². The van der Waals surface area contributed by atoms with E-state index in [4.69, 9.17) is 4.74 Å². The maximum atomic E-state index is 12.3. The number of aryl methyl sites for hydroxylation is 1. The average molecular weight is 396 g/mol. The van der Waals surface area contributed by atoms with Crippen LogP contribution in [0.3, 0.4) is 0 Å². The Morgan fingerprint density at radius 3 is 2.37 bits per heavy atom. The molecule has 1 aromatic carbocycles. The van der Waals surface area contributed by atoms with Crippen molar-refractivity contribution in [2.45, 2.75) is 25.7 Å². The van der Waals surface area contributed by atoms with Gasteiger partial charge in [-0.25, -0.2) is 8.42 Å². The molecule has 7 heteroatoms. The van der Waals surface area contributed by atoms with Gasteiger partial charge in [0.25, 0.3) is 10.0 Å². The number of nitrogens with one attached hydrogen (secondary N) is 2. The van der Waals surface area contributed by atoms with Gasteiger partial charge in [0.1, 0.15) is 11.6 Å². The quantitative estimate of drug-likeness (QED) is 0.592. The number of ether oxygens (including phenoxy) is 1. The van der Waals surface area contributed by atoms with E-state index in [0.717, 1.165) is 5.56 Å². The third kappa shape index (κ3) is 3.33. The lowest BCUT2D eigenvalue weighted by atomic mass is 10.1. The van der Waals surface area contributed by atoms with Crippen molar-refractivity contribution in [3.63, 3.8) is 0 Å². The second kappa shape index (κ2) is 6.00. The summed E-state index contributed by atoms with van der Waals surface area (Å²) in [7, 11) is -2.09. The Hall–Kier alpha value is -0.960. The maximum Gasteiger partial charge on any atom is 0.263 e. The van der Waals surface area contributed by atoms with E-state index in [1.807, 2.05) is 29.8 Å². The first-order valence-corrected chi connectivity index (χ1v) is 8.04. The van der Waals surface area contributed by atoms with Crippen LogP contribution in [0.5, 0.6) is 5.75 Å². The van der Waals surface area contributed by atoms with E-state index in [0.29, 0.717) is 16.9 Å². The van der Waals surface area contributed by atoms with E-state index >= 15 is 0 Å². The number of hydrogen-bond donors (Lipinski definition) is 2. The summed E-state index contributed by atoms with van der Waals surface area (Å²) in [5, 5.41) is 0. The first kappa shape index (κ1) is 16.1. The second-order valence-electron chi connectivity index (χ2n) is 4.15. The van der Waals surface area contributed by atoms with Crippen molar-refractivity contribution in [3.8, 4) is 5.75 Å². The normalized spacial score (nSPS) is 11.0. The molecule has 19 heavy (non-hydrogen) atoms. The lowest BCUT2D eigenvalue weighted by Gasteiger charge is -2.17. The van der Waals surface area contributed by atoms with Gasteiger partial charge in [0.05, 0.1) is 34.9 Å². The molecule has 0 amide bonds. The lowest BCUT2D eigenvalue weighted by Crippen LogP contribution is -2.28. The first-order valence-electron chi connectivity index (χ1n) is 5.47. The van der Waals surface area contributed by atoms with Crippen LogP contribution in [0.4, 0.5) is 0 Å². The number of hydrogen-bond acceptors (Lipinski definition) is 4. The van der Waals surface area contributed by atoms with Crippen LogP contribution in [0.25, 0.3) is 0 Å². The van der Waals surface area contributed by atoms with Gasteiger partial charge in [-0.05, 0) is 43.5 Å². The van der Waals surface area contributed by atoms with Gasteiger partial charge < -0.3 is 8.27 Å². The summed E-state index contributed by atoms with van der Waals surface area (Å²) in [4.78, 5) is 0.263. The van der Waals surface area contributed by atoms with Crippen molar-refractivity contribution in [3.05, 3.63) is 35.2 Å². The minimum atomic E-state index is -3.65. The van der Waals surface area contributed by atoms with Gasteiger partial charge in [-0.15, -0.1) is 0 Å². The average Bonchev–Trinajstić information content (AvgIpc) is 2.32. The van der Waals surface area contributed by atoms with Gasteiger partial charge in [-0.3, -0.25) is 4.72 Å². The van der Waals surface area contributed by atoms with Gasteiger partial charge in [0, 0.05) is 0 Å². The van der Waals surface area contributed by atoms with E-state index in [9.17, 15) is 8.42 Å². The van der Waals surface area contributed by atoms with Crippen molar-refractivity contribution < 1.29 is 13.2 Å². The van der Waals surface area contributed by atoms with E-state index in [1.54, 1.807) is 27.0 Å². The summed E-state index contributed by atoms with van der Waals surface area (Å²) in [6, 6.07) is 1.72. The number of sulfonamides is 1. The predicted octanol–water partition coefficient (Wildman–Crippen LogP) is 2.31. The van der Waals surface area contributed by atoms with Crippen molar-refractivity contribution >= 4 is 32.9 Å². The molecular formula is C12H17IN2O3S. The Labute approximate surface area is 128 Å². The highest BCUT2D eigenvalue weighted by molar-refractivity contribution is 14.1. The number of rotatable bonds is 5. The molecule has 0 heterocycles. The van der Waals surface area contributed by atoms with Crippen LogP contribution in [-0.2, 0) is 10.0 Å². The minimum absolute atomic E-state index is 0.216. The van der Waals surface area contributed by atoms with E-state index in [-0.39, 0.29) is 10.7 Å². The fraction of sp³-hybridized carbons (Fsp3) is 0.333. The highest BCUT2D eigenvalue weighted by Crippen LogP contribution is 2.30. The van der Waals surface area contributed by atoms with Crippen molar-refractivity contribution in [2.24, 2.45) is 0 Å². The van der Waals surface area contributed by atoms with Gasteiger partial charge in [-0.2, -0.15) is 0 Å². The van der Waals surface area contributed by atoms with Crippen LogP contribution in [-0.4, -0.2) is 15.5 Å². The van der Waals surface area contributed by atoms with Crippen LogP contribution < -0.4 is 13.0 Å². The summed E-state index contributed by atoms with van der Waals surface area (Å²) in [5.41, 5.74) is 2.11. The zero-order valence-electron chi connectivity index (χ0n) is 11.3. The van der Waals surface area contributed by atoms with Crippen LogP contribution in [0.1, 0.15) is 16.7 Å². The molecule has 5 nitrogen and oxygen atoms in total. The van der Waals surface area contributed by atoms with Crippen LogP contribution >= 0.6 is 22.9 Å². The van der Waals surface area contributed by atoms with Gasteiger partial charge >= 0.3 is 0 Å².